The molecule has 1 aliphatic heterocycles. The molecule has 0 N–H and O–H groups in total. The van der Waals surface area contributed by atoms with Gasteiger partial charge in [-0.1, -0.05) is 13.8 Å². The molecule has 1 rings (SSSR count). The third-order valence-electron chi connectivity index (χ3n) is 1.45. The summed E-state index contributed by atoms with van der Waals surface area (Å²) in [7, 11) is 1.58. The van der Waals surface area contributed by atoms with Crippen LogP contribution in [0.1, 0.15) is 20.8 Å². The van der Waals surface area contributed by atoms with Gasteiger partial charge in [0.1, 0.15) is 12.3 Å². The molecule has 0 saturated carbocycles. The van der Waals surface area contributed by atoms with Crippen LogP contribution in [-0.4, -0.2) is 30.1 Å². The molecule has 0 saturated heterocycles. The molecule has 0 spiro atoms. The van der Waals surface area contributed by atoms with E-state index >= 15 is 0 Å². The summed E-state index contributed by atoms with van der Waals surface area (Å²) in [5.41, 5.74) is 0. The predicted octanol–water partition coefficient (Wildman–Crippen LogP) is 0.676. The summed E-state index contributed by atoms with van der Waals surface area (Å²) in [6.45, 7) is 5.55. The minimum Gasteiger partial charge on any atom is -0.305 e. The van der Waals surface area contributed by atoms with Crippen LogP contribution in [0, 0.1) is 5.92 Å². The van der Waals surface area contributed by atoms with Crippen LogP contribution in [0.2, 0.25) is 0 Å². The summed E-state index contributed by atoms with van der Waals surface area (Å²) in [5.74, 6) is -1.15. The number of hydrogen-bond acceptors (Lipinski definition) is 2. The molecule has 1 unspecified atom stereocenters. The summed E-state index contributed by atoms with van der Waals surface area (Å²) in [6, 6.07) is 0. The zero-order valence-corrected chi connectivity index (χ0v) is 7.87. The molecule has 4 heteroatoms. The standard InChI is InChI=1S/C6H8N2O2.C2H6/c1-4-5(9)7-3-8(2)6(4)10;1-2/h3-4H,1-2H3;1-2H3. The second-order valence-electron chi connectivity index (χ2n) is 2.25. The van der Waals surface area contributed by atoms with Crippen molar-refractivity contribution in [2.24, 2.45) is 10.9 Å². The van der Waals surface area contributed by atoms with Crippen molar-refractivity contribution in [1.29, 1.82) is 0 Å². The first-order chi connectivity index (χ1) is 5.63. The molecule has 0 aromatic rings. The number of nitrogens with zero attached hydrogens (tertiary/aromatic N) is 2. The summed E-state index contributed by atoms with van der Waals surface area (Å²) in [6.07, 6.45) is 1.24. The molecule has 0 aliphatic carbocycles. The fourth-order valence-electron chi connectivity index (χ4n) is 0.723. The molecule has 1 atom stereocenters. The van der Waals surface area contributed by atoms with Crippen molar-refractivity contribution in [1.82, 2.24) is 4.90 Å². The number of aliphatic imine (C=N–C) groups is 1. The predicted molar refractivity (Wildman–Crippen MR) is 46.8 cm³/mol. The van der Waals surface area contributed by atoms with Crippen LogP contribution < -0.4 is 0 Å². The SMILES string of the molecule is CC.CC1C(=O)N=CN(C)C1=O. The second kappa shape index (κ2) is 4.64. The first kappa shape index (κ1) is 10.8. The van der Waals surface area contributed by atoms with Gasteiger partial charge >= 0.3 is 0 Å². The first-order valence-electron chi connectivity index (χ1n) is 3.97. The molecule has 0 fully saturated rings. The number of rotatable bonds is 0. The van der Waals surface area contributed by atoms with E-state index in [1.165, 1.54) is 11.2 Å². The number of hydrogen-bond donors (Lipinski definition) is 0. The van der Waals surface area contributed by atoms with Crippen LogP contribution in [0.25, 0.3) is 0 Å². The van der Waals surface area contributed by atoms with E-state index in [9.17, 15) is 9.59 Å². The summed E-state index contributed by atoms with van der Waals surface area (Å²) < 4.78 is 0. The van der Waals surface area contributed by atoms with Crippen molar-refractivity contribution in [2.75, 3.05) is 7.05 Å². The van der Waals surface area contributed by atoms with E-state index in [-0.39, 0.29) is 11.8 Å². The lowest BCUT2D eigenvalue weighted by atomic mass is 10.1. The molecule has 12 heavy (non-hydrogen) atoms. The monoisotopic (exact) mass is 170 g/mol. The van der Waals surface area contributed by atoms with Crippen molar-refractivity contribution < 1.29 is 9.59 Å². The van der Waals surface area contributed by atoms with E-state index in [1.54, 1.807) is 14.0 Å². The second-order valence-corrected chi connectivity index (χ2v) is 2.25. The zero-order chi connectivity index (χ0) is 9.72. The van der Waals surface area contributed by atoms with E-state index in [2.05, 4.69) is 4.99 Å². The van der Waals surface area contributed by atoms with Gasteiger partial charge < -0.3 is 4.90 Å². The van der Waals surface area contributed by atoms with Gasteiger partial charge in [0.15, 0.2) is 0 Å². The lowest BCUT2D eigenvalue weighted by Gasteiger charge is -2.18. The van der Waals surface area contributed by atoms with Gasteiger partial charge in [0.2, 0.25) is 5.91 Å². The molecule has 0 aromatic heterocycles. The van der Waals surface area contributed by atoms with E-state index in [4.69, 9.17) is 0 Å². The van der Waals surface area contributed by atoms with E-state index in [0.717, 1.165) is 0 Å². The van der Waals surface area contributed by atoms with E-state index in [1.807, 2.05) is 13.8 Å². The van der Waals surface area contributed by atoms with Crippen LogP contribution in [-0.2, 0) is 9.59 Å². The molecule has 1 aliphatic rings. The average molecular weight is 170 g/mol. The highest BCUT2D eigenvalue weighted by atomic mass is 16.2. The zero-order valence-electron chi connectivity index (χ0n) is 7.87. The van der Waals surface area contributed by atoms with Crippen LogP contribution in [0.15, 0.2) is 4.99 Å². The minimum atomic E-state index is -0.602. The van der Waals surface area contributed by atoms with Crippen LogP contribution in [0.5, 0.6) is 0 Å². The third-order valence-corrected chi connectivity index (χ3v) is 1.45. The van der Waals surface area contributed by atoms with Gasteiger partial charge in [-0.25, -0.2) is 4.99 Å². The Morgan fingerprint density at radius 3 is 2.33 bits per heavy atom. The van der Waals surface area contributed by atoms with Gasteiger partial charge in [0.05, 0.1) is 0 Å². The number of amides is 2. The van der Waals surface area contributed by atoms with Crippen molar-refractivity contribution in [3.8, 4) is 0 Å². The maximum Gasteiger partial charge on any atom is 0.259 e. The Bertz CT molecular complexity index is 211. The van der Waals surface area contributed by atoms with Crippen molar-refractivity contribution in [2.45, 2.75) is 20.8 Å². The van der Waals surface area contributed by atoms with Crippen LogP contribution in [0.4, 0.5) is 0 Å². The molecular weight excluding hydrogens is 156 g/mol. The van der Waals surface area contributed by atoms with Gasteiger partial charge in [-0.15, -0.1) is 0 Å². The van der Waals surface area contributed by atoms with E-state index < -0.39 is 5.92 Å². The number of carbonyl (C=O) groups is 2. The van der Waals surface area contributed by atoms with Gasteiger partial charge in [0, 0.05) is 7.05 Å². The Labute approximate surface area is 72.3 Å². The molecule has 2 amide bonds. The van der Waals surface area contributed by atoms with Crippen molar-refractivity contribution in [3.05, 3.63) is 0 Å². The normalized spacial score (nSPS) is 22.0. The van der Waals surface area contributed by atoms with Gasteiger partial charge in [-0.05, 0) is 6.92 Å². The minimum absolute atomic E-state index is 0.194. The molecule has 4 nitrogen and oxygen atoms in total. The molecule has 0 bridgehead atoms. The molecule has 0 aromatic carbocycles. The topological polar surface area (TPSA) is 49.7 Å². The largest absolute Gasteiger partial charge is 0.305 e. The maximum atomic E-state index is 10.9. The van der Waals surface area contributed by atoms with E-state index in [0.29, 0.717) is 0 Å². The van der Waals surface area contributed by atoms with Gasteiger partial charge in [0.25, 0.3) is 5.91 Å². The Morgan fingerprint density at radius 1 is 1.42 bits per heavy atom. The van der Waals surface area contributed by atoms with Crippen LogP contribution >= 0.6 is 0 Å². The Kier molecular flexibility index (Phi) is 4.18. The molecule has 1 heterocycles. The summed E-state index contributed by atoms with van der Waals surface area (Å²) >= 11 is 0. The highest BCUT2D eigenvalue weighted by molar-refractivity contribution is 6.09. The quantitative estimate of drug-likeness (QED) is 0.502. The molecular formula is C8H14N2O2. The van der Waals surface area contributed by atoms with Crippen LogP contribution in [0.3, 0.4) is 0 Å². The average Bonchev–Trinajstić information content (AvgIpc) is 2.12. The summed E-state index contributed by atoms with van der Waals surface area (Å²) in [4.78, 5) is 26.4. The smallest absolute Gasteiger partial charge is 0.259 e. The Balaban J connectivity index is 0.000000561. The lowest BCUT2D eigenvalue weighted by Crippen LogP contribution is -2.38. The first-order valence-corrected chi connectivity index (χ1v) is 3.97. The van der Waals surface area contributed by atoms with Gasteiger partial charge in [-0.2, -0.15) is 0 Å². The maximum absolute atomic E-state index is 10.9. The van der Waals surface area contributed by atoms with Crippen molar-refractivity contribution in [3.63, 3.8) is 0 Å². The fraction of sp³-hybridized carbons (Fsp3) is 0.625. The number of carbonyl (C=O) groups excluding carboxylic acids is 2. The fourth-order valence-corrected chi connectivity index (χ4v) is 0.723. The lowest BCUT2D eigenvalue weighted by molar-refractivity contribution is -0.137. The Morgan fingerprint density at radius 2 is 1.92 bits per heavy atom. The highest BCUT2D eigenvalue weighted by Crippen LogP contribution is 2.06. The summed E-state index contributed by atoms with van der Waals surface area (Å²) in [5, 5.41) is 0. The molecule has 0 radical (unpaired) electrons. The highest BCUT2D eigenvalue weighted by Gasteiger charge is 2.26. The Hall–Kier alpha value is -1.19. The third kappa shape index (κ3) is 2.15. The van der Waals surface area contributed by atoms with Gasteiger partial charge in [-0.3, -0.25) is 9.59 Å². The molecule has 68 valence electrons. The van der Waals surface area contributed by atoms with Crippen molar-refractivity contribution >= 4 is 18.2 Å².